The molecular formula is C13H9Cl2FKN2O3. The number of nitrogens with two attached hydrogens (primary N) is 1. The summed E-state index contributed by atoms with van der Waals surface area (Å²) in [7, 11) is 1.26. The Labute approximate surface area is 178 Å². The first kappa shape index (κ1) is 19.6. The van der Waals surface area contributed by atoms with Crippen LogP contribution in [0.2, 0.25) is 10.0 Å². The minimum absolute atomic E-state index is 0. The summed E-state index contributed by atoms with van der Waals surface area (Å²) in [6.07, 6.45) is 0. The summed E-state index contributed by atoms with van der Waals surface area (Å²) in [6, 6.07) is 4.04. The van der Waals surface area contributed by atoms with Gasteiger partial charge in [-0.15, -0.1) is 0 Å². The van der Waals surface area contributed by atoms with Crippen LogP contribution in [0.15, 0.2) is 18.2 Å². The number of anilines is 1. The van der Waals surface area contributed by atoms with Crippen LogP contribution in [-0.2, 0) is 0 Å². The number of carbonyl (C=O) groups is 1. The molecule has 2 aromatic rings. The molecule has 0 unspecified atom stereocenters. The smallest absolute Gasteiger partial charge is 0.356 e. The summed E-state index contributed by atoms with van der Waals surface area (Å²) < 4.78 is 19.2. The van der Waals surface area contributed by atoms with Crippen LogP contribution >= 0.6 is 23.2 Å². The van der Waals surface area contributed by atoms with Gasteiger partial charge in [0.1, 0.15) is 0 Å². The van der Waals surface area contributed by atoms with Crippen LogP contribution in [0.3, 0.4) is 0 Å². The topological polar surface area (TPSA) is 85.4 Å². The number of nitrogens with zero attached hydrogens (tertiary/aromatic N) is 1. The van der Waals surface area contributed by atoms with E-state index in [-0.39, 0.29) is 84.1 Å². The standard InChI is InChI=1S/C13H9Cl2FN2O3.K/c1-21-12-6(14)3-2-5(10(12)16)8-4-7(17)9(15)11(18-8)13(19)20;/h2-4H,1H3,(H2,17,18)(H,19,20);. The molecule has 0 fully saturated rings. The van der Waals surface area contributed by atoms with Crippen LogP contribution in [0.1, 0.15) is 10.5 Å². The van der Waals surface area contributed by atoms with Gasteiger partial charge in [0.15, 0.2) is 17.3 Å². The second kappa shape index (κ2) is 7.92. The van der Waals surface area contributed by atoms with Crippen LogP contribution < -0.4 is 10.5 Å². The van der Waals surface area contributed by atoms with Gasteiger partial charge in [-0.2, -0.15) is 0 Å². The molecule has 0 saturated heterocycles. The minimum Gasteiger partial charge on any atom is -0.492 e. The number of methoxy groups -OCH3 is 1. The quantitative estimate of drug-likeness (QED) is 0.811. The number of pyridine rings is 1. The van der Waals surface area contributed by atoms with Gasteiger partial charge in [0.05, 0.1) is 28.5 Å². The Hall–Kier alpha value is -0.414. The summed E-state index contributed by atoms with van der Waals surface area (Å²) in [4.78, 5) is 14.9. The van der Waals surface area contributed by atoms with Gasteiger partial charge in [0.25, 0.3) is 0 Å². The fourth-order valence-corrected chi connectivity index (χ4v) is 2.15. The van der Waals surface area contributed by atoms with Crippen molar-refractivity contribution in [3.63, 3.8) is 0 Å². The van der Waals surface area contributed by atoms with Crippen LogP contribution in [0.25, 0.3) is 11.3 Å². The van der Waals surface area contributed by atoms with Crippen molar-refractivity contribution >= 4 is 86.2 Å². The van der Waals surface area contributed by atoms with Gasteiger partial charge in [0, 0.05) is 56.9 Å². The van der Waals surface area contributed by atoms with Crippen molar-refractivity contribution < 1.29 is 19.0 Å². The van der Waals surface area contributed by atoms with Crippen LogP contribution in [0.4, 0.5) is 10.1 Å². The number of halogens is 3. The van der Waals surface area contributed by atoms with Gasteiger partial charge in [0.2, 0.25) is 0 Å². The molecule has 111 valence electrons. The van der Waals surface area contributed by atoms with E-state index >= 15 is 0 Å². The second-order valence-corrected chi connectivity index (χ2v) is 4.79. The molecule has 2 rings (SSSR count). The number of aromatic carboxylic acids is 1. The summed E-state index contributed by atoms with van der Waals surface area (Å²) >= 11 is 11.6. The van der Waals surface area contributed by atoms with Gasteiger partial charge in [-0.1, -0.05) is 23.2 Å². The molecule has 0 saturated carbocycles. The maximum absolute atomic E-state index is 14.3. The third-order valence-corrected chi connectivity index (χ3v) is 3.41. The van der Waals surface area contributed by atoms with Crippen molar-refractivity contribution in [2.24, 2.45) is 0 Å². The van der Waals surface area contributed by atoms with Crippen molar-refractivity contribution in [1.82, 2.24) is 4.98 Å². The molecule has 0 aliphatic heterocycles. The third-order valence-electron chi connectivity index (χ3n) is 2.72. The van der Waals surface area contributed by atoms with Crippen LogP contribution in [-0.4, -0.2) is 74.6 Å². The van der Waals surface area contributed by atoms with Gasteiger partial charge < -0.3 is 15.6 Å². The van der Waals surface area contributed by atoms with Crippen LogP contribution in [0, 0.1) is 5.82 Å². The molecule has 9 heteroatoms. The molecule has 0 atom stereocenters. The van der Waals surface area contributed by atoms with Gasteiger partial charge >= 0.3 is 5.97 Å². The van der Waals surface area contributed by atoms with E-state index in [2.05, 4.69) is 4.98 Å². The summed E-state index contributed by atoms with van der Waals surface area (Å²) in [5.74, 6) is -2.30. The zero-order valence-corrected chi connectivity index (χ0v) is 16.3. The van der Waals surface area contributed by atoms with E-state index in [1.807, 2.05) is 0 Å². The molecule has 3 N–H and O–H groups in total. The van der Waals surface area contributed by atoms with E-state index < -0.39 is 17.5 Å². The number of aromatic nitrogens is 1. The number of ether oxygens (including phenoxy) is 1. The largest absolute Gasteiger partial charge is 0.492 e. The van der Waals surface area contributed by atoms with Crippen molar-refractivity contribution in [2.45, 2.75) is 0 Å². The summed E-state index contributed by atoms with van der Waals surface area (Å²) in [5, 5.41) is 8.91. The SMILES string of the molecule is COc1c(Cl)ccc(-c2cc(N)c(Cl)c(C(=O)O)n2)c1F.[K]. The van der Waals surface area contributed by atoms with E-state index in [0.29, 0.717) is 0 Å². The molecule has 1 heterocycles. The molecule has 1 radical (unpaired) electrons. The molecule has 5 nitrogen and oxygen atoms in total. The number of nitrogen functional groups attached to an aromatic ring is 1. The maximum atomic E-state index is 14.3. The number of carboxylic acid groups (broad SMARTS) is 1. The van der Waals surface area contributed by atoms with E-state index in [4.69, 9.17) is 38.8 Å². The third kappa shape index (κ3) is 3.73. The number of hydrogen-bond donors (Lipinski definition) is 2. The van der Waals surface area contributed by atoms with Gasteiger partial charge in [-0.05, 0) is 18.2 Å². The molecule has 0 amide bonds. The molecule has 1 aromatic carbocycles. The molecular weight excluding hydrogens is 361 g/mol. The number of hydrogen-bond acceptors (Lipinski definition) is 4. The number of benzene rings is 1. The Morgan fingerprint density at radius 3 is 2.59 bits per heavy atom. The molecule has 0 bridgehead atoms. The summed E-state index contributed by atoms with van der Waals surface area (Å²) in [5.41, 5.74) is 5.17. The normalized spacial score (nSPS) is 10.0. The average Bonchev–Trinajstić information content (AvgIpc) is 2.42. The average molecular weight is 370 g/mol. The first-order valence-corrected chi connectivity index (χ1v) is 6.34. The molecule has 1 aromatic heterocycles. The van der Waals surface area contributed by atoms with Gasteiger partial charge in [-0.25, -0.2) is 14.2 Å². The Morgan fingerprint density at radius 1 is 1.41 bits per heavy atom. The molecule has 0 aliphatic rings. The Morgan fingerprint density at radius 2 is 2.05 bits per heavy atom. The molecule has 0 spiro atoms. The Kier molecular flexibility index (Phi) is 7.06. The first-order valence-electron chi connectivity index (χ1n) is 5.58. The number of rotatable bonds is 3. The predicted molar refractivity (Wildman–Crippen MR) is 83.3 cm³/mol. The van der Waals surface area contributed by atoms with E-state index in [0.717, 1.165) is 0 Å². The maximum Gasteiger partial charge on any atom is 0.356 e. The van der Waals surface area contributed by atoms with Crippen molar-refractivity contribution in [1.29, 1.82) is 0 Å². The van der Waals surface area contributed by atoms with Crippen LogP contribution in [0.5, 0.6) is 5.75 Å². The van der Waals surface area contributed by atoms with Crippen molar-refractivity contribution in [3.8, 4) is 17.0 Å². The first-order chi connectivity index (χ1) is 9.86. The molecule has 0 aliphatic carbocycles. The van der Waals surface area contributed by atoms with E-state index in [1.165, 1.54) is 25.3 Å². The Bertz CT molecular complexity index is 744. The van der Waals surface area contributed by atoms with Crippen molar-refractivity contribution in [3.05, 3.63) is 39.8 Å². The van der Waals surface area contributed by atoms with Gasteiger partial charge in [-0.3, -0.25) is 0 Å². The zero-order chi connectivity index (χ0) is 15.7. The predicted octanol–water partition coefficient (Wildman–Crippen LogP) is 3.10. The second-order valence-electron chi connectivity index (χ2n) is 4.01. The fraction of sp³-hybridized carbons (Fsp3) is 0.0769. The Balaban J connectivity index is 0.00000242. The van der Waals surface area contributed by atoms with Crippen molar-refractivity contribution in [2.75, 3.05) is 12.8 Å². The fourth-order valence-electron chi connectivity index (χ4n) is 1.75. The van der Waals surface area contributed by atoms with E-state index in [9.17, 15) is 9.18 Å². The monoisotopic (exact) mass is 369 g/mol. The summed E-state index contributed by atoms with van der Waals surface area (Å²) in [6.45, 7) is 0. The number of carboxylic acids is 1. The minimum atomic E-state index is -1.37. The zero-order valence-electron chi connectivity index (χ0n) is 11.7. The van der Waals surface area contributed by atoms with E-state index in [1.54, 1.807) is 0 Å². The molecule has 22 heavy (non-hydrogen) atoms.